The van der Waals surface area contributed by atoms with Gasteiger partial charge in [-0.25, -0.2) is 0 Å². The third-order valence-corrected chi connectivity index (χ3v) is 3.22. The lowest BCUT2D eigenvalue weighted by molar-refractivity contribution is -0.122. The van der Waals surface area contributed by atoms with E-state index in [1.807, 2.05) is 6.92 Å². The van der Waals surface area contributed by atoms with Crippen LogP contribution in [0.25, 0.3) is 0 Å². The molecular formula is C13H28N2O. The van der Waals surface area contributed by atoms with Crippen LogP contribution >= 0.6 is 0 Å². The number of carbonyl (C=O) groups is 1. The van der Waals surface area contributed by atoms with E-state index < -0.39 is 0 Å². The second-order valence-corrected chi connectivity index (χ2v) is 4.64. The molecule has 0 aliphatic rings. The normalized spacial score (nSPS) is 14.7. The second kappa shape index (κ2) is 9.64. The maximum atomic E-state index is 11.2. The fraction of sp³-hybridized carbons (Fsp3) is 0.923. The number of primary amides is 1. The van der Waals surface area contributed by atoms with E-state index >= 15 is 0 Å². The summed E-state index contributed by atoms with van der Waals surface area (Å²) in [5.74, 6) is -0.362. The average Bonchev–Trinajstić information content (AvgIpc) is 2.26. The molecule has 0 saturated carbocycles. The van der Waals surface area contributed by atoms with Crippen LogP contribution in [0.2, 0.25) is 0 Å². The van der Waals surface area contributed by atoms with E-state index in [1.165, 1.54) is 32.1 Å². The van der Waals surface area contributed by atoms with Crippen LogP contribution in [0.3, 0.4) is 0 Å². The van der Waals surface area contributed by atoms with Crippen LogP contribution < -0.4 is 11.5 Å². The lowest BCUT2D eigenvalue weighted by atomic mass is 9.91. The van der Waals surface area contributed by atoms with Gasteiger partial charge in [0.25, 0.3) is 0 Å². The Kier molecular flexibility index (Phi) is 9.30. The maximum absolute atomic E-state index is 11.2. The van der Waals surface area contributed by atoms with Gasteiger partial charge >= 0.3 is 0 Å². The summed E-state index contributed by atoms with van der Waals surface area (Å²) in [7, 11) is 0. The Morgan fingerprint density at radius 3 is 2.12 bits per heavy atom. The maximum Gasteiger partial charge on any atom is 0.222 e. The van der Waals surface area contributed by atoms with Gasteiger partial charge in [-0.05, 0) is 12.8 Å². The minimum Gasteiger partial charge on any atom is -0.369 e. The van der Waals surface area contributed by atoms with E-state index in [4.69, 9.17) is 11.5 Å². The molecule has 0 fully saturated rings. The molecule has 0 aliphatic heterocycles. The molecule has 2 atom stereocenters. The van der Waals surface area contributed by atoms with Gasteiger partial charge in [0.1, 0.15) is 0 Å². The Morgan fingerprint density at radius 2 is 1.62 bits per heavy atom. The van der Waals surface area contributed by atoms with Gasteiger partial charge in [-0.2, -0.15) is 0 Å². The Labute approximate surface area is 100.0 Å². The zero-order valence-corrected chi connectivity index (χ0v) is 10.9. The molecule has 0 radical (unpaired) electrons. The molecule has 0 aromatic rings. The summed E-state index contributed by atoms with van der Waals surface area (Å²) in [6.45, 7) is 4.21. The van der Waals surface area contributed by atoms with Crippen LogP contribution in [0, 0.1) is 5.92 Å². The van der Waals surface area contributed by atoms with Crippen molar-refractivity contribution in [1.29, 1.82) is 0 Å². The van der Waals surface area contributed by atoms with E-state index in [0.29, 0.717) is 0 Å². The van der Waals surface area contributed by atoms with Crippen molar-refractivity contribution < 1.29 is 4.79 Å². The topological polar surface area (TPSA) is 69.1 Å². The standard InChI is InChI=1S/C13H28N2O/c1-3-5-6-7-8-9-10-11(13(15)16)12(14)4-2/h11-12H,3-10,14H2,1-2H3,(H2,15,16)/t11?,12-/m0/s1. The lowest BCUT2D eigenvalue weighted by Crippen LogP contribution is -2.38. The number of rotatable bonds is 10. The van der Waals surface area contributed by atoms with E-state index in [2.05, 4.69) is 6.92 Å². The molecule has 4 N–H and O–H groups in total. The quantitative estimate of drug-likeness (QED) is 0.564. The highest BCUT2D eigenvalue weighted by molar-refractivity contribution is 5.77. The Hall–Kier alpha value is -0.570. The van der Waals surface area contributed by atoms with Crippen LogP contribution in [-0.2, 0) is 4.79 Å². The summed E-state index contributed by atoms with van der Waals surface area (Å²) >= 11 is 0. The highest BCUT2D eigenvalue weighted by atomic mass is 16.1. The fourth-order valence-electron chi connectivity index (χ4n) is 2.00. The number of unbranched alkanes of at least 4 members (excludes halogenated alkanes) is 5. The number of carbonyl (C=O) groups excluding carboxylic acids is 1. The molecule has 0 spiro atoms. The van der Waals surface area contributed by atoms with Crippen LogP contribution in [0.5, 0.6) is 0 Å². The predicted molar refractivity (Wildman–Crippen MR) is 68.9 cm³/mol. The third-order valence-electron chi connectivity index (χ3n) is 3.22. The Morgan fingerprint density at radius 1 is 1.06 bits per heavy atom. The fourth-order valence-corrected chi connectivity index (χ4v) is 2.00. The molecule has 0 aliphatic carbocycles. The molecule has 0 saturated heterocycles. The second-order valence-electron chi connectivity index (χ2n) is 4.64. The molecule has 3 nitrogen and oxygen atoms in total. The molecule has 0 aromatic heterocycles. The summed E-state index contributed by atoms with van der Waals surface area (Å²) in [5.41, 5.74) is 11.2. The van der Waals surface area contributed by atoms with Crippen molar-refractivity contribution in [3.8, 4) is 0 Å². The monoisotopic (exact) mass is 228 g/mol. The van der Waals surface area contributed by atoms with Crippen LogP contribution in [-0.4, -0.2) is 11.9 Å². The van der Waals surface area contributed by atoms with Crippen molar-refractivity contribution >= 4 is 5.91 Å². The molecule has 0 rings (SSSR count). The molecule has 16 heavy (non-hydrogen) atoms. The molecule has 1 unspecified atom stereocenters. The number of nitrogens with two attached hydrogens (primary N) is 2. The molecule has 0 bridgehead atoms. The largest absolute Gasteiger partial charge is 0.369 e. The van der Waals surface area contributed by atoms with Gasteiger partial charge in [0, 0.05) is 6.04 Å². The zero-order chi connectivity index (χ0) is 12.4. The van der Waals surface area contributed by atoms with Crippen molar-refractivity contribution in [3.05, 3.63) is 0 Å². The van der Waals surface area contributed by atoms with E-state index in [0.717, 1.165) is 19.3 Å². The van der Waals surface area contributed by atoms with E-state index in [-0.39, 0.29) is 17.9 Å². The van der Waals surface area contributed by atoms with Gasteiger partial charge in [0.05, 0.1) is 5.92 Å². The van der Waals surface area contributed by atoms with Gasteiger partial charge in [0.2, 0.25) is 5.91 Å². The summed E-state index contributed by atoms with van der Waals surface area (Å²) in [6.07, 6.45) is 9.10. The summed E-state index contributed by atoms with van der Waals surface area (Å²) in [6, 6.07) is -0.0619. The SMILES string of the molecule is CCCCCCCCC(C(N)=O)[C@@H](N)CC. The molecule has 1 amide bonds. The zero-order valence-electron chi connectivity index (χ0n) is 10.9. The number of amides is 1. The van der Waals surface area contributed by atoms with Gasteiger partial charge in [0.15, 0.2) is 0 Å². The highest BCUT2D eigenvalue weighted by Gasteiger charge is 2.21. The van der Waals surface area contributed by atoms with Crippen LogP contribution in [0.4, 0.5) is 0 Å². The van der Waals surface area contributed by atoms with Crippen molar-refractivity contribution in [2.24, 2.45) is 17.4 Å². The Balaban J connectivity index is 3.65. The Bertz CT molecular complexity index is 183. The van der Waals surface area contributed by atoms with Crippen molar-refractivity contribution in [1.82, 2.24) is 0 Å². The molecule has 0 heterocycles. The minimum absolute atomic E-state index is 0.0619. The van der Waals surface area contributed by atoms with Gasteiger partial charge in [-0.15, -0.1) is 0 Å². The average molecular weight is 228 g/mol. The minimum atomic E-state index is -0.233. The third kappa shape index (κ3) is 6.83. The van der Waals surface area contributed by atoms with E-state index in [1.54, 1.807) is 0 Å². The molecular weight excluding hydrogens is 200 g/mol. The molecule has 0 aromatic carbocycles. The summed E-state index contributed by atoms with van der Waals surface area (Å²) < 4.78 is 0. The van der Waals surface area contributed by atoms with Crippen molar-refractivity contribution in [2.75, 3.05) is 0 Å². The van der Waals surface area contributed by atoms with Gasteiger partial charge < -0.3 is 11.5 Å². The molecule has 3 heteroatoms. The first kappa shape index (κ1) is 15.4. The predicted octanol–water partition coefficient (Wildman–Crippen LogP) is 2.58. The van der Waals surface area contributed by atoms with Gasteiger partial charge in [-0.1, -0.05) is 52.4 Å². The number of hydrogen-bond acceptors (Lipinski definition) is 2. The first-order chi connectivity index (χ1) is 7.63. The highest BCUT2D eigenvalue weighted by Crippen LogP contribution is 2.15. The van der Waals surface area contributed by atoms with Gasteiger partial charge in [-0.3, -0.25) is 4.79 Å². The van der Waals surface area contributed by atoms with Crippen LogP contribution in [0.15, 0.2) is 0 Å². The first-order valence-electron chi connectivity index (χ1n) is 6.68. The lowest BCUT2D eigenvalue weighted by Gasteiger charge is -2.19. The summed E-state index contributed by atoms with van der Waals surface area (Å²) in [4.78, 5) is 11.2. The number of hydrogen-bond donors (Lipinski definition) is 2. The van der Waals surface area contributed by atoms with E-state index in [9.17, 15) is 4.79 Å². The summed E-state index contributed by atoms with van der Waals surface area (Å²) in [5, 5.41) is 0. The van der Waals surface area contributed by atoms with Crippen LogP contribution in [0.1, 0.15) is 65.2 Å². The first-order valence-corrected chi connectivity index (χ1v) is 6.68. The van der Waals surface area contributed by atoms with Crippen molar-refractivity contribution in [3.63, 3.8) is 0 Å². The van der Waals surface area contributed by atoms with Crippen molar-refractivity contribution in [2.45, 2.75) is 71.3 Å². The molecule has 96 valence electrons. The smallest absolute Gasteiger partial charge is 0.222 e.